The molecule has 0 spiro atoms. The predicted octanol–water partition coefficient (Wildman–Crippen LogP) is 0.501. The van der Waals surface area contributed by atoms with E-state index in [1.165, 1.54) is 6.20 Å². The Morgan fingerprint density at radius 1 is 1.57 bits per heavy atom. The largest absolute Gasteiger partial charge is 0.733 e. The zero-order valence-corrected chi connectivity index (χ0v) is 7.76. The van der Waals surface area contributed by atoms with Gasteiger partial charge in [0.25, 0.3) is 0 Å². The summed E-state index contributed by atoms with van der Waals surface area (Å²) < 4.78 is 1.75. The van der Waals surface area contributed by atoms with E-state index in [0.29, 0.717) is 6.04 Å². The molecule has 0 radical (unpaired) electrons. The van der Waals surface area contributed by atoms with Gasteiger partial charge in [0, 0.05) is 6.20 Å². The monoisotopic (exact) mass is 197 g/mol. The Morgan fingerprint density at radius 2 is 2.29 bits per heavy atom. The lowest BCUT2D eigenvalue weighted by atomic mass is 10.1. The molecule has 0 aliphatic carbocycles. The Balaban J connectivity index is 2.07. The average molecular weight is 197 g/mol. The quantitative estimate of drug-likeness (QED) is 0.675. The predicted molar refractivity (Wildman–Crippen MR) is 51.0 cm³/mol. The molecule has 0 saturated carbocycles. The molecule has 0 bridgehead atoms. The number of anilines is 1. The summed E-state index contributed by atoms with van der Waals surface area (Å²) in [6, 6.07) is 0.338. The van der Waals surface area contributed by atoms with Crippen LogP contribution in [0.2, 0.25) is 0 Å². The van der Waals surface area contributed by atoms with Gasteiger partial charge in [0.05, 0.1) is 17.9 Å². The Kier molecular flexibility index (Phi) is 2.67. The number of rotatable bonds is 2. The minimum absolute atomic E-state index is 0.162. The lowest BCUT2D eigenvalue weighted by molar-refractivity contribution is 0.296. The molecule has 1 aliphatic rings. The maximum absolute atomic E-state index is 10.5. The van der Waals surface area contributed by atoms with Crippen molar-refractivity contribution in [3.05, 3.63) is 17.6 Å². The Morgan fingerprint density at radius 3 is 2.86 bits per heavy atom. The topological polar surface area (TPSA) is 76.4 Å². The van der Waals surface area contributed by atoms with Crippen molar-refractivity contribution < 1.29 is 5.21 Å². The van der Waals surface area contributed by atoms with Crippen LogP contribution in [0, 0.1) is 5.21 Å². The first-order valence-corrected chi connectivity index (χ1v) is 4.68. The van der Waals surface area contributed by atoms with Crippen molar-refractivity contribution in [2.45, 2.75) is 18.9 Å². The molecule has 0 aromatic carbocycles. The number of nitrogens with one attached hydrogen (secondary N) is 1. The van der Waals surface area contributed by atoms with Crippen LogP contribution in [0.15, 0.2) is 12.4 Å². The Hall–Kier alpha value is -1.11. The molecule has 0 amide bonds. The number of nitrogens with zero attached hydrogens (tertiary/aromatic N) is 3. The molecule has 0 atom stereocenters. The molecule has 1 aromatic heterocycles. The van der Waals surface area contributed by atoms with Gasteiger partial charge in [-0.15, -0.1) is 0 Å². The number of hydrogen-bond acceptors (Lipinski definition) is 5. The van der Waals surface area contributed by atoms with E-state index in [0.717, 1.165) is 25.9 Å². The Bertz CT molecular complexity index is 293. The van der Waals surface area contributed by atoms with Crippen molar-refractivity contribution in [1.29, 1.82) is 0 Å². The summed E-state index contributed by atoms with van der Waals surface area (Å²) in [5.41, 5.74) is 0.184. The summed E-state index contributed by atoms with van der Waals surface area (Å²) in [6.07, 6.45) is 4.95. The summed E-state index contributed by atoms with van der Waals surface area (Å²) in [6.45, 7) is 1.94. The molecule has 6 heteroatoms. The summed E-state index contributed by atoms with van der Waals surface area (Å²) in [5, 5.41) is 26.3. The third kappa shape index (κ3) is 1.87. The fourth-order valence-electron chi connectivity index (χ4n) is 1.70. The number of aromatic nitrogens is 2. The van der Waals surface area contributed by atoms with Crippen LogP contribution in [0.1, 0.15) is 18.9 Å². The fraction of sp³-hybridized carbons (Fsp3) is 0.625. The van der Waals surface area contributed by atoms with Crippen molar-refractivity contribution in [3.63, 3.8) is 0 Å². The van der Waals surface area contributed by atoms with Gasteiger partial charge in [-0.05, 0) is 25.9 Å². The average Bonchev–Trinajstić information content (AvgIpc) is 2.68. The van der Waals surface area contributed by atoms with Crippen LogP contribution in [-0.2, 0) is 0 Å². The minimum atomic E-state index is -0.162. The summed E-state index contributed by atoms with van der Waals surface area (Å²) in [4.78, 5) is 0. The van der Waals surface area contributed by atoms with Crippen molar-refractivity contribution >= 4 is 5.69 Å². The smallest absolute Gasteiger partial charge is 0.0891 e. The SMILES string of the molecule is [O-]N(O)c1cnn(C2CCNCC2)c1. The van der Waals surface area contributed by atoms with Crippen molar-refractivity contribution in [3.8, 4) is 0 Å². The molecule has 1 fully saturated rings. The summed E-state index contributed by atoms with van der Waals surface area (Å²) in [5.74, 6) is 0. The zero-order chi connectivity index (χ0) is 9.97. The van der Waals surface area contributed by atoms with Crippen LogP contribution >= 0.6 is 0 Å². The van der Waals surface area contributed by atoms with Gasteiger partial charge in [0.15, 0.2) is 0 Å². The molecule has 78 valence electrons. The maximum Gasteiger partial charge on any atom is 0.0891 e. The van der Waals surface area contributed by atoms with Gasteiger partial charge in [0.1, 0.15) is 0 Å². The van der Waals surface area contributed by atoms with Crippen LogP contribution in [0.4, 0.5) is 5.69 Å². The molecule has 2 rings (SSSR count). The zero-order valence-electron chi connectivity index (χ0n) is 7.76. The molecule has 14 heavy (non-hydrogen) atoms. The lowest BCUT2D eigenvalue weighted by Gasteiger charge is -2.23. The highest BCUT2D eigenvalue weighted by Crippen LogP contribution is 2.20. The third-order valence-corrected chi connectivity index (χ3v) is 2.49. The molecular formula is C8H13N4O2-. The van der Waals surface area contributed by atoms with Gasteiger partial charge in [-0.2, -0.15) is 5.10 Å². The summed E-state index contributed by atoms with van der Waals surface area (Å²) in [7, 11) is 0. The maximum atomic E-state index is 10.5. The first-order chi connectivity index (χ1) is 6.77. The van der Waals surface area contributed by atoms with Gasteiger partial charge in [-0.1, -0.05) is 0 Å². The molecule has 1 aliphatic heterocycles. The first kappa shape index (κ1) is 9.45. The van der Waals surface area contributed by atoms with Gasteiger partial charge < -0.3 is 15.8 Å². The number of piperidine rings is 1. The first-order valence-electron chi connectivity index (χ1n) is 4.68. The Labute approximate surface area is 81.7 Å². The van der Waals surface area contributed by atoms with Gasteiger partial charge in [-0.25, -0.2) is 0 Å². The second kappa shape index (κ2) is 3.95. The van der Waals surface area contributed by atoms with Crippen LogP contribution < -0.4 is 10.5 Å². The number of hydrogen-bond donors (Lipinski definition) is 2. The standard InChI is InChI=1S/C8H13N4O2/c13-12(14)8-5-10-11(6-8)7-1-3-9-4-2-7/h5-7,9,13H,1-4H2/q-1. The second-order valence-electron chi connectivity index (χ2n) is 3.43. The van der Waals surface area contributed by atoms with E-state index < -0.39 is 0 Å². The molecule has 2 N–H and O–H groups in total. The minimum Gasteiger partial charge on any atom is -0.733 e. The van der Waals surface area contributed by atoms with E-state index in [1.807, 2.05) is 0 Å². The van der Waals surface area contributed by atoms with E-state index >= 15 is 0 Å². The normalized spacial score (nSPS) is 18.4. The van der Waals surface area contributed by atoms with Crippen LogP contribution in [-0.4, -0.2) is 28.1 Å². The van der Waals surface area contributed by atoms with Crippen LogP contribution in [0.25, 0.3) is 0 Å². The third-order valence-electron chi connectivity index (χ3n) is 2.49. The fourth-order valence-corrected chi connectivity index (χ4v) is 1.70. The van der Waals surface area contributed by atoms with Crippen molar-refractivity contribution in [2.24, 2.45) is 0 Å². The van der Waals surface area contributed by atoms with Gasteiger partial charge in [-0.3, -0.25) is 9.89 Å². The van der Waals surface area contributed by atoms with Gasteiger partial charge in [0.2, 0.25) is 0 Å². The van der Waals surface area contributed by atoms with Crippen molar-refractivity contribution in [2.75, 3.05) is 18.3 Å². The van der Waals surface area contributed by atoms with E-state index in [-0.39, 0.29) is 10.9 Å². The van der Waals surface area contributed by atoms with Gasteiger partial charge >= 0.3 is 0 Å². The van der Waals surface area contributed by atoms with Crippen LogP contribution in [0.5, 0.6) is 0 Å². The van der Waals surface area contributed by atoms with Crippen molar-refractivity contribution in [1.82, 2.24) is 15.1 Å². The van der Waals surface area contributed by atoms with E-state index in [9.17, 15) is 5.21 Å². The molecule has 0 unspecified atom stereocenters. The highest BCUT2D eigenvalue weighted by atomic mass is 16.8. The van der Waals surface area contributed by atoms with E-state index in [2.05, 4.69) is 10.4 Å². The second-order valence-corrected chi connectivity index (χ2v) is 3.43. The highest BCUT2D eigenvalue weighted by molar-refractivity contribution is 5.39. The summed E-state index contributed by atoms with van der Waals surface area (Å²) >= 11 is 0. The lowest BCUT2D eigenvalue weighted by Crippen LogP contribution is -2.29. The molecule has 1 aromatic rings. The highest BCUT2D eigenvalue weighted by Gasteiger charge is 2.15. The molecule has 2 heterocycles. The van der Waals surface area contributed by atoms with Crippen LogP contribution in [0.3, 0.4) is 0 Å². The molecule has 1 saturated heterocycles. The molecular weight excluding hydrogens is 184 g/mol. The van der Waals surface area contributed by atoms with E-state index in [1.54, 1.807) is 10.9 Å². The van der Waals surface area contributed by atoms with E-state index in [4.69, 9.17) is 5.21 Å². The molecule has 6 nitrogen and oxygen atoms in total.